The van der Waals surface area contributed by atoms with Crippen molar-refractivity contribution in [3.63, 3.8) is 0 Å². The number of rotatable bonds is 5. The van der Waals surface area contributed by atoms with Crippen molar-refractivity contribution in [3.05, 3.63) is 113 Å². The van der Waals surface area contributed by atoms with E-state index < -0.39 is 0 Å². The van der Waals surface area contributed by atoms with Crippen LogP contribution in [0.1, 0.15) is 35.4 Å². The summed E-state index contributed by atoms with van der Waals surface area (Å²) in [6, 6.07) is 27.1. The van der Waals surface area contributed by atoms with Crippen LogP contribution in [0.5, 0.6) is 0 Å². The van der Waals surface area contributed by atoms with Gasteiger partial charge in [-0.1, -0.05) is 103 Å². The standard InChI is InChI=1S/C31H29NO3/c33-31(35-21-30-28-15-6-4-13-26(28)27-14-5-7-16-29(27)30)32-24-17-23(18-25(32)20-34-19-24)12-8-11-22-9-2-1-3-10-22/h1-11,13-17,24-25,30H,12,18-21H2/b11-8+. The van der Waals surface area contributed by atoms with Gasteiger partial charge in [0.05, 0.1) is 25.3 Å². The average Bonchev–Trinajstić information content (AvgIpc) is 3.21. The minimum atomic E-state index is -0.236. The van der Waals surface area contributed by atoms with Gasteiger partial charge in [-0.3, -0.25) is 4.90 Å². The Bertz CT molecular complexity index is 1230. The smallest absolute Gasteiger partial charge is 0.410 e. The third-order valence-electron chi connectivity index (χ3n) is 7.31. The van der Waals surface area contributed by atoms with Crippen molar-refractivity contribution >= 4 is 12.2 Å². The molecule has 4 nitrogen and oxygen atoms in total. The Morgan fingerprint density at radius 1 is 0.914 bits per heavy atom. The lowest BCUT2D eigenvalue weighted by Gasteiger charge is -2.43. The molecule has 3 aromatic carbocycles. The van der Waals surface area contributed by atoms with E-state index in [1.807, 2.05) is 23.1 Å². The van der Waals surface area contributed by atoms with Crippen molar-refractivity contribution in [1.82, 2.24) is 4.90 Å². The van der Waals surface area contributed by atoms with Crippen LogP contribution < -0.4 is 0 Å². The van der Waals surface area contributed by atoms with E-state index in [2.05, 4.69) is 78.9 Å². The fraction of sp³-hybridized carbons (Fsp3) is 0.258. The highest BCUT2D eigenvalue weighted by molar-refractivity contribution is 5.79. The topological polar surface area (TPSA) is 38.8 Å². The molecule has 0 spiro atoms. The summed E-state index contributed by atoms with van der Waals surface area (Å²) in [5.41, 5.74) is 7.50. The lowest BCUT2D eigenvalue weighted by molar-refractivity contribution is -0.0363. The minimum absolute atomic E-state index is 0.0227. The number of hydrogen-bond acceptors (Lipinski definition) is 3. The van der Waals surface area contributed by atoms with Gasteiger partial charge in [0.15, 0.2) is 0 Å². The molecule has 1 fully saturated rings. The van der Waals surface area contributed by atoms with Crippen LogP contribution in [0.3, 0.4) is 0 Å². The summed E-state index contributed by atoms with van der Waals surface area (Å²) >= 11 is 0. The Labute approximate surface area is 206 Å². The van der Waals surface area contributed by atoms with Crippen LogP contribution in [-0.2, 0) is 9.47 Å². The van der Waals surface area contributed by atoms with Crippen LogP contribution in [-0.4, -0.2) is 42.9 Å². The summed E-state index contributed by atoms with van der Waals surface area (Å²) < 4.78 is 11.8. The van der Waals surface area contributed by atoms with Gasteiger partial charge in [0.25, 0.3) is 0 Å². The maximum absolute atomic E-state index is 13.3. The Kier molecular flexibility index (Phi) is 5.97. The second-order valence-corrected chi connectivity index (χ2v) is 9.52. The van der Waals surface area contributed by atoms with Crippen LogP contribution in [0.15, 0.2) is 96.6 Å². The highest BCUT2D eigenvalue weighted by Gasteiger charge is 2.39. The van der Waals surface area contributed by atoms with E-state index in [-0.39, 0.29) is 24.1 Å². The summed E-state index contributed by atoms with van der Waals surface area (Å²) in [5.74, 6) is 0.0708. The van der Waals surface area contributed by atoms with Crippen LogP contribution >= 0.6 is 0 Å². The Hall–Kier alpha value is -3.63. The predicted molar refractivity (Wildman–Crippen MR) is 138 cm³/mol. The Balaban J connectivity index is 1.14. The van der Waals surface area contributed by atoms with Gasteiger partial charge in [0, 0.05) is 5.92 Å². The van der Waals surface area contributed by atoms with Crippen molar-refractivity contribution in [2.45, 2.75) is 30.8 Å². The third-order valence-corrected chi connectivity index (χ3v) is 7.31. The van der Waals surface area contributed by atoms with E-state index in [1.165, 1.54) is 33.4 Å². The molecule has 2 bridgehead atoms. The minimum Gasteiger partial charge on any atom is -0.448 e. The summed E-state index contributed by atoms with van der Waals surface area (Å²) in [4.78, 5) is 15.2. The van der Waals surface area contributed by atoms with Gasteiger partial charge in [0.2, 0.25) is 0 Å². The van der Waals surface area contributed by atoms with Gasteiger partial charge in [-0.15, -0.1) is 0 Å². The fourth-order valence-electron chi connectivity index (χ4n) is 5.70. The molecule has 6 rings (SSSR count). The van der Waals surface area contributed by atoms with Crippen LogP contribution in [0.2, 0.25) is 0 Å². The van der Waals surface area contributed by atoms with Gasteiger partial charge < -0.3 is 9.47 Å². The van der Waals surface area contributed by atoms with E-state index >= 15 is 0 Å². The first-order valence-corrected chi connectivity index (χ1v) is 12.4. The molecule has 1 saturated heterocycles. The number of benzene rings is 3. The van der Waals surface area contributed by atoms with Gasteiger partial charge in [-0.05, 0) is 40.7 Å². The molecule has 1 aliphatic carbocycles. The predicted octanol–water partition coefficient (Wildman–Crippen LogP) is 6.44. The first-order valence-electron chi connectivity index (χ1n) is 12.4. The van der Waals surface area contributed by atoms with Gasteiger partial charge in [0.1, 0.15) is 6.61 Å². The molecule has 2 unspecified atom stereocenters. The number of hydrogen-bond donors (Lipinski definition) is 0. The molecule has 176 valence electrons. The van der Waals surface area contributed by atoms with Crippen molar-refractivity contribution < 1.29 is 14.3 Å². The quantitative estimate of drug-likeness (QED) is 0.409. The molecule has 2 heterocycles. The van der Waals surface area contributed by atoms with Crippen LogP contribution in [0, 0.1) is 0 Å². The molecule has 1 amide bonds. The number of amides is 1. The second kappa shape index (κ2) is 9.55. The van der Waals surface area contributed by atoms with Crippen LogP contribution in [0.4, 0.5) is 4.79 Å². The zero-order chi connectivity index (χ0) is 23.6. The lowest BCUT2D eigenvalue weighted by atomic mass is 9.92. The fourth-order valence-corrected chi connectivity index (χ4v) is 5.70. The number of carbonyl (C=O) groups is 1. The lowest BCUT2D eigenvalue weighted by Crippen LogP contribution is -2.56. The van der Waals surface area contributed by atoms with E-state index in [4.69, 9.17) is 9.47 Å². The van der Waals surface area contributed by atoms with E-state index in [9.17, 15) is 4.79 Å². The molecule has 0 saturated carbocycles. The molecule has 35 heavy (non-hydrogen) atoms. The third kappa shape index (κ3) is 4.30. The van der Waals surface area contributed by atoms with Gasteiger partial charge in [-0.2, -0.15) is 0 Å². The number of morpholine rings is 1. The Morgan fingerprint density at radius 2 is 1.60 bits per heavy atom. The number of allylic oxidation sites excluding steroid dienone is 1. The summed E-state index contributed by atoms with van der Waals surface area (Å²) in [6.07, 6.45) is 8.04. The molecule has 0 aromatic heterocycles. The highest BCUT2D eigenvalue weighted by Crippen LogP contribution is 2.44. The summed E-state index contributed by atoms with van der Waals surface area (Å²) in [6.45, 7) is 1.42. The number of ether oxygens (including phenoxy) is 2. The normalized spacial score (nSPS) is 20.9. The highest BCUT2D eigenvalue weighted by atomic mass is 16.6. The van der Waals surface area contributed by atoms with Crippen molar-refractivity contribution in [2.75, 3.05) is 19.8 Å². The Morgan fingerprint density at radius 3 is 2.31 bits per heavy atom. The molecular weight excluding hydrogens is 434 g/mol. The number of fused-ring (bicyclic) bond motifs is 5. The number of nitrogens with zero attached hydrogens (tertiary/aromatic N) is 1. The molecule has 3 aliphatic rings. The average molecular weight is 464 g/mol. The molecule has 0 radical (unpaired) electrons. The second-order valence-electron chi connectivity index (χ2n) is 9.52. The largest absolute Gasteiger partial charge is 0.448 e. The van der Waals surface area contributed by atoms with E-state index in [1.54, 1.807) is 0 Å². The SMILES string of the molecule is O=C(OCC1c2ccccc2-c2ccccc21)N1C2C=C(C/C=C/c3ccccc3)CC1COC2. The summed E-state index contributed by atoms with van der Waals surface area (Å²) in [5, 5.41) is 0. The van der Waals surface area contributed by atoms with E-state index in [0.717, 1.165) is 12.8 Å². The van der Waals surface area contributed by atoms with Crippen molar-refractivity contribution in [1.29, 1.82) is 0 Å². The first-order chi connectivity index (χ1) is 17.3. The molecule has 2 aliphatic heterocycles. The first kappa shape index (κ1) is 21.9. The molecule has 3 aromatic rings. The van der Waals surface area contributed by atoms with Crippen LogP contribution in [0.25, 0.3) is 17.2 Å². The maximum Gasteiger partial charge on any atom is 0.410 e. The van der Waals surface area contributed by atoms with Gasteiger partial charge >= 0.3 is 6.09 Å². The van der Waals surface area contributed by atoms with Crippen molar-refractivity contribution in [3.8, 4) is 11.1 Å². The maximum atomic E-state index is 13.3. The molecule has 2 atom stereocenters. The van der Waals surface area contributed by atoms with Gasteiger partial charge in [-0.25, -0.2) is 4.79 Å². The molecular formula is C31H29NO3. The monoisotopic (exact) mass is 463 g/mol. The number of carbonyl (C=O) groups excluding carboxylic acids is 1. The van der Waals surface area contributed by atoms with Crippen molar-refractivity contribution in [2.24, 2.45) is 0 Å². The molecule has 4 heteroatoms. The van der Waals surface area contributed by atoms with E-state index in [0.29, 0.717) is 19.8 Å². The zero-order valence-corrected chi connectivity index (χ0v) is 19.7. The molecule has 0 N–H and O–H groups in total. The summed E-state index contributed by atoms with van der Waals surface area (Å²) in [7, 11) is 0. The zero-order valence-electron chi connectivity index (χ0n) is 19.7.